The fourth-order valence-corrected chi connectivity index (χ4v) is 4.07. The number of anilines is 1. The van der Waals surface area contributed by atoms with E-state index in [-0.39, 0.29) is 22.9 Å². The predicted octanol–water partition coefficient (Wildman–Crippen LogP) is 1.75. The minimum absolute atomic E-state index is 0.00546. The molecule has 12 heteroatoms. The van der Waals surface area contributed by atoms with Gasteiger partial charge in [-0.25, -0.2) is 23.7 Å². The molecule has 2 aromatic heterocycles. The molecule has 2 aromatic carbocycles. The molecule has 1 amide bonds. The minimum atomic E-state index is -1.50. The second-order valence-electron chi connectivity index (χ2n) is 8.26. The van der Waals surface area contributed by atoms with Gasteiger partial charge < -0.3 is 25.6 Å². The summed E-state index contributed by atoms with van der Waals surface area (Å²) in [7, 11) is 1.38. The summed E-state index contributed by atoms with van der Waals surface area (Å²) in [6.07, 6.45) is -4.17. The Labute approximate surface area is 203 Å². The van der Waals surface area contributed by atoms with Crippen LogP contribution in [0.2, 0.25) is 0 Å². The fourth-order valence-electron chi connectivity index (χ4n) is 4.07. The van der Waals surface area contributed by atoms with Gasteiger partial charge in [-0.1, -0.05) is 30.3 Å². The third-order valence-corrected chi connectivity index (χ3v) is 5.86. The zero-order valence-electron chi connectivity index (χ0n) is 19.0. The van der Waals surface area contributed by atoms with Crippen LogP contribution in [0.5, 0.6) is 0 Å². The monoisotopic (exact) mass is 496 g/mol. The van der Waals surface area contributed by atoms with E-state index in [1.807, 2.05) is 30.3 Å². The van der Waals surface area contributed by atoms with Crippen molar-refractivity contribution in [2.24, 2.45) is 0 Å². The zero-order valence-corrected chi connectivity index (χ0v) is 19.0. The third kappa shape index (κ3) is 4.37. The molecule has 1 fully saturated rings. The van der Waals surface area contributed by atoms with Gasteiger partial charge in [0.1, 0.15) is 23.8 Å². The lowest BCUT2D eigenvalue weighted by Crippen LogP contribution is -2.41. The van der Waals surface area contributed by atoms with Gasteiger partial charge in [0.15, 0.2) is 35.1 Å². The van der Waals surface area contributed by atoms with E-state index in [2.05, 4.69) is 25.6 Å². The summed E-state index contributed by atoms with van der Waals surface area (Å²) >= 11 is 0. The molecule has 0 aliphatic carbocycles. The summed E-state index contributed by atoms with van der Waals surface area (Å²) in [5.74, 6) is -1.93. The van der Waals surface area contributed by atoms with Crippen LogP contribution in [0.25, 0.3) is 22.6 Å². The van der Waals surface area contributed by atoms with Gasteiger partial charge in [0.05, 0.1) is 6.33 Å². The van der Waals surface area contributed by atoms with Crippen LogP contribution in [0.4, 0.5) is 14.6 Å². The normalized spacial score (nSPS) is 21.6. The van der Waals surface area contributed by atoms with Crippen molar-refractivity contribution in [3.8, 4) is 11.4 Å². The number of aliphatic hydroxyl groups excluding tert-OH is 2. The topological polar surface area (TPSA) is 134 Å². The van der Waals surface area contributed by atoms with Gasteiger partial charge in [0, 0.05) is 25.2 Å². The van der Waals surface area contributed by atoms with E-state index in [0.717, 1.165) is 23.8 Å². The van der Waals surface area contributed by atoms with Crippen LogP contribution >= 0.6 is 0 Å². The molecule has 36 heavy (non-hydrogen) atoms. The quantitative estimate of drug-likeness (QED) is 0.317. The first-order valence-electron chi connectivity index (χ1n) is 11.1. The van der Waals surface area contributed by atoms with Crippen molar-refractivity contribution in [3.05, 3.63) is 72.1 Å². The molecule has 1 saturated heterocycles. The number of carbonyl (C=O) groups is 1. The number of likely N-dealkylation sites (N-methyl/N-ethyl adjacent to an activating group) is 1. The number of benzene rings is 2. The van der Waals surface area contributed by atoms with E-state index in [1.165, 1.54) is 17.9 Å². The number of amides is 1. The molecule has 0 unspecified atom stereocenters. The Morgan fingerprint density at radius 2 is 1.81 bits per heavy atom. The largest absolute Gasteiger partial charge is 0.387 e. The second kappa shape index (κ2) is 9.57. The van der Waals surface area contributed by atoms with Crippen molar-refractivity contribution >= 4 is 22.9 Å². The number of fused-ring (bicyclic) bond motifs is 1. The fraction of sp³-hybridized carbons (Fsp3) is 0.250. The molecule has 4 atom stereocenters. The van der Waals surface area contributed by atoms with E-state index >= 15 is 0 Å². The highest BCUT2D eigenvalue weighted by Crippen LogP contribution is 2.34. The average molecular weight is 496 g/mol. The molecule has 4 aromatic rings. The van der Waals surface area contributed by atoms with Gasteiger partial charge in [-0.15, -0.1) is 0 Å². The van der Waals surface area contributed by atoms with Crippen LogP contribution < -0.4 is 10.6 Å². The zero-order chi connectivity index (χ0) is 25.4. The number of hydrogen-bond donors (Lipinski definition) is 4. The van der Waals surface area contributed by atoms with Crippen molar-refractivity contribution in [3.63, 3.8) is 0 Å². The summed E-state index contributed by atoms with van der Waals surface area (Å²) in [5, 5.41) is 26.5. The van der Waals surface area contributed by atoms with Crippen molar-refractivity contribution < 1.29 is 28.5 Å². The van der Waals surface area contributed by atoms with Gasteiger partial charge in [0.2, 0.25) is 0 Å². The average Bonchev–Trinajstić information content (AvgIpc) is 3.42. The molecule has 1 aliphatic rings. The van der Waals surface area contributed by atoms with Crippen molar-refractivity contribution in [1.29, 1.82) is 0 Å². The van der Waals surface area contributed by atoms with Crippen molar-refractivity contribution in [1.82, 2.24) is 24.8 Å². The number of ether oxygens (including phenoxy) is 1. The number of carbonyl (C=O) groups excluding carboxylic acids is 1. The molecule has 4 N–H and O–H groups in total. The molecule has 5 rings (SSSR count). The number of imidazole rings is 1. The Kier molecular flexibility index (Phi) is 6.31. The van der Waals surface area contributed by atoms with Gasteiger partial charge in [-0.2, -0.15) is 0 Å². The van der Waals surface area contributed by atoms with Gasteiger partial charge in [-0.3, -0.25) is 9.36 Å². The number of halogens is 2. The van der Waals surface area contributed by atoms with Crippen LogP contribution in [-0.2, 0) is 16.1 Å². The Hall–Kier alpha value is -4.00. The smallest absolute Gasteiger partial charge is 0.251 e. The van der Waals surface area contributed by atoms with Gasteiger partial charge >= 0.3 is 0 Å². The molecule has 0 spiro atoms. The highest BCUT2D eigenvalue weighted by atomic mass is 19.1. The second-order valence-corrected chi connectivity index (χ2v) is 8.26. The molecule has 0 radical (unpaired) electrons. The number of aliphatic hydroxyl groups is 2. The molecule has 10 nitrogen and oxygen atoms in total. The van der Waals surface area contributed by atoms with Crippen molar-refractivity contribution in [2.45, 2.75) is 31.1 Å². The summed E-state index contributed by atoms with van der Waals surface area (Å²) in [5.41, 5.74) is 1.49. The Balaban J connectivity index is 1.60. The first kappa shape index (κ1) is 23.7. The van der Waals surface area contributed by atoms with E-state index in [0.29, 0.717) is 12.1 Å². The van der Waals surface area contributed by atoms with Crippen molar-refractivity contribution in [2.75, 3.05) is 12.4 Å². The predicted molar refractivity (Wildman–Crippen MR) is 124 cm³/mol. The SMILES string of the molecule is CNC(=O)[C@H]1O[C@@H](n2cnc3c(NCc4ccccc4)nc(-c4cc(F)cc(F)c4)nc32)[C@H](O)[C@@H]1O. The maximum absolute atomic E-state index is 14.0. The number of aromatic nitrogens is 4. The highest BCUT2D eigenvalue weighted by Gasteiger charge is 2.47. The number of nitrogens with zero attached hydrogens (tertiary/aromatic N) is 4. The van der Waals surface area contributed by atoms with Crippen LogP contribution in [-0.4, -0.2) is 61.0 Å². The lowest BCUT2D eigenvalue weighted by Gasteiger charge is -2.17. The van der Waals surface area contributed by atoms with E-state index < -0.39 is 42.1 Å². The third-order valence-electron chi connectivity index (χ3n) is 5.86. The van der Waals surface area contributed by atoms with E-state index in [1.54, 1.807) is 0 Å². The summed E-state index contributed by atoms with van der Waals surface area (Å²) in [6, 6.07) is 12.4. The molecule has 3 heterocycles. The lowest BCUT2D eigenvalue weighted by atomic mass is 10.1. The summed E-state index contributed by atoms with van der Waals surface area (Å²) in [4.78, 5) is 25.3. The Bertz CT molecular complexity index is 1400. The number of rotatable bonds is 6. The van der Waals surface area contributed by atoms with E-state index in [9.17, 15) is 23.8 Å². The molecule has 0 saturated carbocycles. The van der Waals surface area contributed by atoms with Gasteiger partial charge in [0.25, 0.3) is 5.91 Å². The Morgan fingerprint density at radius 3 is 2.50 bits per heavy atom. The van der Waals surface area contributed by atoms with E-state index in [4.69, 9.17) is 4.74 Å². The maximum Gasteiger partial charge on any atom is 0.251 e. The van der Waals surface area contributed by atoms with Crippen LogP contribution in [0.1, 0.15) is 11.8 Å². The molecular formula is C24H22F2N6O4. The summed E-state index contributed by atoms with van der Waals surface area (Å²) < 4.78 is 34.9. The Morgan fingerprint density at radius 1 is 1.08 bits per heavy atom. The molecule has 0 bridgehead atoms. The minimum Gasteiger partial charge on any atom is -0.387 e. The first-order valence-corrected chi connectivity index (χ1v) is 11.1. The standard InChI is InChI=1S/C24H22F2N6O4/c1-27-23(35)19-17(33)18(34)24(36-19)32-11-29-16-21(28-10-12-5-3-2-4-6-12)30-20(31-22(16)32)13-7-14(25)9-15(26)8-13/h2-9,11,17-19,24,33-34H,10H2,1H3,(H,27,35)(H,28,30,31)/t17-,18+,19-,24+/m0/s1. The first-order chi connectivity index (χ1) is 17.4. The highest BCUT2D eigenvalue weighted by molar-refractivity contribution is 5.85. The number of hydrogen-bond acceptors (Lipinski definition) is 8. The molecule has 1 aliphatic heterocycles. The van der Waals surface area contributed by atoms with Crippen LogP contribution in [0.3, 0.4) is 0 Å². The van der Waals surface area contributed by atoms with Crippen LogP contribution in [0.15, 0.2) is 54.9 Å². The maximum atomic E-state index is 14.0. The molecule has 186 valence electrons. The summed E-state index contributed by atoms with van der Waals surface area (Å²) in [6.45, 7) is 0.372. The van der Waals surface area contributed by atoms with Gasteiger partial charge in [-0.05, 0) is 17.7 Å². The lowest BCUT2D eigenvalue weighted by molar-refractivity contribution is -0.137. The van der Waals surface area contributed by atoms with Crippen LogP contribution in [0, 0.1) is 11.6 Å². The number of nitrogens with one attached hydrogen (secondary N) is 2. The molecular weight excluding hydrogens is 474 g/mol.